The summed E-state index contributed by atoms with van der Waals surface area (Å²) in [6, 6.07) is 10.6. The van der Waals surface area contributed by atoms with Gasteiger partial charge in [-0.1, -0.05) is 35.3 Å². The van der Waals surface area contributed by atoms with Crippen LogP contribution in [0.1, 0.15) is 5.56 Å². The largest absolute Gasteiger partial charge is 0.464 e. The number of benzene rings is 2. The van der Waals surface area contributed by atoms with Crippen molar-refractivity contribution >= 4 is 58.1 Å². The Balaban J connectivity index is 1.84. The molecular formula is C20H15Cl2N3O4. The third-order valence-corrected chi connectivity index (χ3v) is 5.64. The first kappa shape index (κ1) is 19.4. The number of nitrogens with zero attached hydrogens (tertiary/aromatic N) is 3. The van der Waals surface area contributed by atoms with Crippen molar-refractivity contribution in [2.24, 2.45) is 11.0 Å². The normalized spacial score (nSPS) is 20.8. The van der Waals surface area contributed by atoms with Crippen molar-refractivity contribution < 1.29 is 19.1 Å². The van der Waals surface area contributed by atoms with E-state index in [-0.39, 0.29) is 5.71 Å². The zero-order valence-corrected chi connectivity index (χ0v) is 16.9. The minimum absolute atomic E-state index is 0.127. The Kier molecular flexibility index (Phi) is 4.80. The molecule has 2 aromatic carbocycles. The standard InChI is InChI=1S/C20H15Cl2N3O4/c1-10-13(22)7-4-8-14(10)24-18(26)15-16(20(28)29-2)23-25(17(15)19(24)27)12-6-3-5-11(21)9-12/h3-9,15,17H,1-2H3/t15-,17-/m1/s1. The van der Waals surface area contributed by atoms with Crippen LogP contribution < -0.4 is 9.91 Å². The van der Waals surface area contributed by atoms with Gasteiger partial charge in [0.2, 0.25) is 5.91 Å². The van der Waals surface area contributed by atoms with Crippen molar-refractivity contribution in [1.82, 2.24) is 0 Å². The summed E-state index contributed by atoms with van der Waals surface area (Å²) in [5.41, 5.74) is 1.31. The van der Waals surface area contributed by atoms with E-state index in [0.717, 1.165) is 4.90 Å². The number of hydrogen-bond acceptors (Lipinski definition) is 6. The molecule has 0 spiro atoms. The zero-order chi connectivity index (χ0) is 20.9. The summed E-state index contributed by atoms with van der Waals surface area (Å²) < 4.78 is 4.79. The molecule has 2 heterocycles. The van der Waals surface area contributed by atoms with Crippen LogP contribution in [0.5, 0.6) is 0 Å². The molecular weight excluding hydrogens is 417 g/mol. The number of hydrogen-bond donors (Lipinski definition) is 0. The van der Waals surface area contributed by atoms with Gasteiger partial charge in [-0.15, -0.1) is 0 Å². The zero-order valence-electron chi connectivity index (χ0n) is 15.4. The quantitative estimate of drug-likeness (QED) is 0.550. The average molecular weight is 432 g/mol. The highest BCUT2D eigenvalue weighted by atomic mass is 35.5. The van der Waals surface area contributed by atoms with E-state index in [1.807, 2.05) is 0 Å². The molecule has 0 bridgehead atoms. The van der Waals surface area contributed by atoms with E-state index in [1.54, 1.807) is 49.4 Å². The van der Waals surface area contributed by atoms with Crippen LogP contribution in [0.15, 0.2) is 47.6 Å². The Morgan fingerprint density at radius 2 is 1.83 bits per heavy atom. The van der Waals surface area contributed by atoms with Crippen molar-refractivity contribution in [1.29, 1.82) is 0 Å². The summed E-state index contributed by atoms with van der Waals surface area (Å²) in [7, 11) is 1.20. The summed E-state index contributed by atoms with van der Waals surface area (Å²) in [5.74, 6) is -2.92. The fourth-order valence-corrected chi connectivity index (χ4v) is 3.95. The average Bonchev–Trinajstić information content (AvgIpc) is 3.21. The molecule has 0 unspecified atom stereocenters. The van der Waals surface area contributed by atoms with Crippen LogP contribution >= 0.6 is 23.2 Å². The Morgan fingerprint density at radius 3 is 2.52 bits per heavy atom. The van der Waals surface area contributed by atoms with Gasteiger partial charge in [0.25, 0.3) is 5.91 Å². The van der Waals surface area contributed by atoms with Gasteiger partial charge >= 0.3 is 5.97 Å². The second kappa shape index (κ2) is 7.17. The fraction of sp³-hybridized carbons (Fsp3) is 0.200. The lowest BCUT2D eigenvalue weighted by Crippen LogP contribution is -2.39. The summed E-state index contributed by atoms with van der Waals surface area (Å²) in [5, 5.41) is 6.45. The minimum Gasteiger partial charge on any atom is -0.464 e. The maximum Gasteiger partial charge on any atom is 0.355 e. The first-order chi connectivity index (χ1) is 13.8. The SMILES string of the molecule is COC(=O)C1=NN(c2cccc(Cl)c2)[C@H]2C(=O)N(c3cccc(Cl)c3C)C(=O)[C@H]12. The molecule has 2 aliphatic rings. The third-order valence-electron chi connectivity index (χ3n) is 5.00. The van der Waals surface area contributed by atoms with Crippen LogP contribution in [-0.2, 0) is 19.1 Å². The Labute approximate surface area is 176 Å². The number of amides is 2. The Morgan fingerprint density at radius 1 is 1.10 bits per heavy atom. The highest BCUT2D eigenvalue weighted by molar-refractivity contribution is 6.47. The second-order valence-corrected chi connectivity index (χ2v) is 7.46. The monoisotopic (exact) mass is 431 g/mol. The van der Waals surface area contributed by atoms with Crippen LogP contribution in [0.4, 0.5) is 11.4 Å². The predicted octanol–water partition coefficient (Wildman–Crippen LogP) is 3.21. The molecule has 0 aliphatic carbocycles. The molecule has 2 aromatic rings. The number of esters is 1. The van der Waals surface area contributed by atoms with Crippen LogP contribution in [0.3, 0.4) is 0 Å². The lowest BCUT2D eigenvalue weighted by molar-refractivity contribution is -0.133. The molecule has 0 radical (unpaired) electrons. The summed E-state index contributed by atoms with van der Waals surface area (Å²) in [4.78, 5) is 40.0. The van der Waals surface area contributed by atoms with Crippen molar-refractivity contribution in [3.63, 3.8) is 0 Å². The summed E-state index contributed by atoms with van der Waals surface area (Å²) in [6.07, 6.45) is 0. The van der Waals surface area contributed by atoms with Crippen molar-refractivity contribution in [3.05, 3.63) is 58.1 Å². The van der Waals surface area contributed by atoms with Crippen molar-refractivity contribution in [2.75, 3.05) is 17.0 Å². The van der Waals surface area contributed by atoms with Gasteiger partial charge in [-0.3, -0.25) is 14.6 Å². The van der Waals surface area contributed by atoms with E-state index in [0.29, 0.717) is 27.0 Å². The Bertz CT molecular complexity index is 1090. The molecule has 9 heteroatoms. The van der Waals surface area contributed by atoms with E-state index in [2.05, 4.69) is 5.10 Å². The van der Waals surface area contributed by atoms with E-state index >= 15 is 0 Å². The maximum atomic E-state index is 13.3. The molecule has 0 saturated carbocycles. The predicted molar refractivity (Wildman–Crippen MR) is 109 cm³/mol. The molecule has 2 aliphatic heterocycles. The minimum atomic E-state index is -1.09. The van der Waals surface area contributed by atoms with E-state index in [1.165, 1.54) is 12.1 Å². The molecule has 1 fully saturated rings. The van der Waals surface area contributed by atoms with Gasteiger partial charge in [0.05, 0.1) is 18.5 Å². The van der Waals surface area contributed by atoms with Gasteiger partial charge < -0.3 is 4.74 Å². The molecule has 1 saturated heterocycles. The number of anilines is 2. The molecule has 0 N–H and O–H groups in total. The van der Waals surface area contributed by atoms with E-state index in [4.69, 9.17) is 27.9 Å². The van der Waals surface area contributed by atoms with Gasteiger partial charge in [-0.25, -0.2) is 9.69 Å². The first-order valence-electron chi connectivity index (χ1n) is 8.69. The summed E-state index contributed by atoms with van der Waals surface area (Å²) in [6.45, 7) is 1.72. The summed E-state index contributed by atoms with van der Waals surface area (Å²) >= 11 is 12.3. The third kappa shape index (κ3) is 2.97. The number of carbonyl (C=O) groups is 3. The highest BCUT2D eigenvalue weighted by Crippen LogP contribution is 2.40. The number of ether oxygens (including phenoxy) is 1. The number of rotatable bonds is 3. The van der Waals surface area contributed by atoms with Gasteiger partial charge in [0.1, 0.15) is 12.0 Å². The molecule has 7 nitrogen and oxygen atoms in total. The fourth-order valence-electron chi connectivity index (χ4n) is 3.60. The number of methoxy groups -OCH3 is 1. The maximum absolute atomic E-state index is 13.3. The lowest BCUT2D eigenvalue weighted by atomic mass is 9.98. The molecule has 0 aromatic heterocycles. The van der Waals surface area contributed by atoms with Crippen molar-refractivity contribution in [2.45, 2.75) is 13.0 Å². The molecule has 148 valence electrons. The van der Waals surface area contributed by atoms with Gasteiger partial charge in [-0.2, -0.15) is 5.10 Å². The van der Waals surface area contributed by atoms with Crippen LogP contribution in [0, 0.1) is 12.8 Å². The van der Waals surface area contributed by atoms with Crippen LogP contribution in [-0.4, -0.2) is 36.6 Å². The van der Waals surface area contributed by atoms with Gasteiger partial charge in [0, 0.05) is 10.0 Å². The molecule has 29 heavy (non-hydrogen) atoms. The number of halogens is 2. The number of hydrazone groups is 1. The first-order valence-corrected chi connectivity index (χ1v) is 9.45. The number of imide groups is 1. The molecule has 4 rings (SSSR count). The highest BCUT2D eigenvalue weighted by Gasteiger charge is 2.59. The Hall–Kier alpha value is -2.90. The van der Waals surface area contributed by atoms with Gasteiger partial charge in [0.15, 0.2) is 5.71 Å². The number of fused-ring (bicyclic) bond motifs is 1. The number of carbonyl (C=O) groups excluding carboxylic acids is 3. The van der Waals surface area contributed by atoms with E-state index < -0.39 is 29.7 Å². The van der Waals surface area contributed by atoms with Crippen LogP contribution in [0.25, 0.3) is 0 Å². The molecule has 2 atom stereocenters. The topological polar surface area (TPSA) is 79.3 Å². The van der Waals surface area contributed by atoms with Crippen molar-refractivity contribution in [3.8, 4) is 0 Å². The smallest absolute Gasteiger partial charge is 0.355 e. The molecule has 2 amide bonds. The van der Waals surface area contributed by atoms with Gasteiger partial charge in [-0.05, 0) is 42.8 Å². The lowest BCUT2D eigenvalue weighted by Gasteiger charge is -2.23. The van der Waals surface area contributed by atoms with E-state index in [9.17, 15) is 14.4 Å². The second-order valence-electron chi connectivity index (χ2n) is 6.62. The van der Waals surface area contributed by atoms with Crippen LogP contribution in [0.2, 0.25) is 10.0 Å².